The van der Waals surface area contributed by atoms with Gasteiger partial charge in [-0.3, -0.25) is 0 Å². The first-order valence-corrected chi connectivity index (χ1v) is 10.5. The van der Waals surface area contributed by atoms with Gasteiger partial charge in [-0.05, 0) is 61.2 Å². The third-order valence-corrected chi connectivity index (χ3v) is 5.82. The minimum atomic E-state index is -4.65. The Kier molecular flexibility index (Phi) is 5.18. The molecule has 176 valence electrons. The Labute approximate surface area is 192 Å². The minimum Gasteiger partial charge on any atom is -0.382 e. The Hall–Kier alpha value is -4.02. The number of hydrogen-bond donors (Lipinski definition) is 3. The lowest BCUT2D eigenvalue weighted by Gasteiger charge is -2.32. The van der Waals surface area contributed by atoms with Crippen molar-refractivity contribution in [3.8, 4) is 0 Å². The number of halogens is 4. The summed E-state index contributed by atoms with van der Waals surface area (Å²) < 4.78 is 52.5. The highest BCUT2D eigenvalue weighted by molar-refractivity contribution is 6.00. The molecule has 0 spiro atoms. The molecule has 3 aliphatic rings. The molecule has 11 heteroatoms. The number of rotatable bonds is 4. The number of hydrogen-bond acceptors (Lipinski definition) is 5. The summed E-state index contributed by atoms with van der Waals surface area (Å²) in [5.41, 5.74) is 6.51. The molecule has 7 nitrogen and oxygen atoms in total. The molecule has 2 heterocycles. The molecule has 1 saturated carbocycles. The van der Waals surface area contributed by atoms with Crippen molar-refractivity contribution in [3.05, 3.63) is 78.1 Å². The van der Waals surface area contributed by atoms with E-state index in [9.17, 15) is 22.4 Å². The van der Waals surface area contributed by atoms with E-state index in [4.69, 9.17) is 5.73 Å². The van der Waals surface area contributed by atoms with Crippen LogP contribution in [0.15, 0.2) is 71.8 Å². The molecule has 2 aromatic rings. The summed E-state index contributed by atoms with van der Waals surface area (Å²) in [5, 5.41) is 4.63. The summed E-state index contributed by atoms with van der Waals surface area (Å²) in [7, 11) is 0. The number of nitrogens with one attached hydrogen (secondary N) is 2. The van der Waals surface area contributed by atoms with Gasteiger partial charge < -0.3 is 26.2 Å². The number of nitrogens with zero attached hydrogens (tertiary/aromatic N) is 3. The number of aliphatic imine (C=N–C) groups is 1. The largest absolute Gasteiger partial charge is 0.416 e. The van der Waals surface area contributed by atoms with Crippen molar-refractivity contribution in [2.75, 3.05) is 15.5 Å². The van der Waals surface area contributed by atoms with Crippen molar-refractivity contribution in [3.63, 3.8) is 0 Å². The van der Waals surface area contributed by atoms with Gasteiger partial charge >= 0.3 is 12.2 Å². The lowest BCUT2D eigenvalue weighted by atomic mass is 10.2. The standard InChI is InChI=1S/C23H20F4N6O/c24-17-8-3-14(23(25,26)27)11-18(17)31-22(34)30-15-4-6-16(7-5-15)33-12-19-20(28)29-9-10-32(19)21(33)13-1-2-13/h3-13,21H,1-2H2,(H2,28,29)(H2,30,31,34). The second-order valence-corrected chi connectivity index (χ2v) is 8.21. The van der Waals surface area contributed by atoms with E-state index in [1.54, 1.807) is 18.3 Å². The van der Waals surface area contributed by atoms with Gasteiger partial charge in [-0.15, -0.1) is 0 Å². The van der Waals surface area contributed by atoms with E-state index in [1.165, 1.54) is 0 Å². The highest BCUT2D eigenvalue weighted by Crippen LogP contribution is 2.44. The molecule has 4 N–H and O–H groups in total. The van der Waals surface area contributed by atoms with Crippen LogP contribution >= 0.6 is 0 Å². The SMILES string of the molecule is NC1=NC=CN2C1=CN(c1ccc(NC(=O)Nc3cc(C(F)(F)F)ccc3F)cc1)C2C1CC1. The number of carbonyl (C=O) groups is 1. The average molecular weight is 472 g/mol. The van der Waals surface area contributed by atoms with Gasteiger partial charge in [0, 0.05) is 30.0 Å². The van der Waals surface area contributed by atoms with Crippen molar-refractivity contribution >= 4 is 28.9 Å². The molecule has 5 rings (SSSR count). The van der Waals surface area contributed by atoms with Crippen molar-refractivity contribution in [1.29, 1.82) is 0 Å². The van der Waals surface area contributed by atoms with Crippen LogP contribution in [0, 0.1) is 11.7 Å². The molecule has 0 bridgehead atoms. The number of alkyl halides is 3. The third kappa shape index (κ3) is 4.16. The normalized spacial score (nSPS) is 19.5. The summed E-state index contributed by atoms with van der Waals surface area (Å²) in [6, 6.07) is 7.89. The predicted octanol–water partition coefficient (Wildman–Crippen LogP) is 5.03. The monoisotopic (exact) mass is 472 g/mol. The number of amidine groups is 1. The molecule has 2 aromatic carbocycles. The molecule has 34 heavy (non-hydrogen) atoms. The molecule has 0 saturated heterocycles. The fourth-order valence-corrected chi connectivity index (χ4v) is 4.04. The van der Waals surface area contributed by atoms with Crippen molar-refractivity contribution < 1.29 is 22.4 Å². The molecule has 0 aromatic heterocycles. The van der Waals surface area contributed by atoms with Crippen LogP contribution in [0.2, 0.25) is 0 Å². The Bertz CT molecular complexity index is 1220. The van der Waals surface area contributed by atoms with E-state index in [2.05, 4.69) is 25.4 Å². The first kappa shape index (κ1) is 21.8. The molecule has 1 unspecified atom stereocenters. The summed E-state index contributed by atoms with van der Waals surface area (Å²) >= 11 is 0. The zero-order valence-electron chi connectivity index (χ0n) is 17.7. The number of anilines is 3. The van der Waals surface area contributed by atoms with Crippen LogP contribution in [0.4, 0.5) is 39.4 Å². The molecule has 2 aliphatic heterocycles. The highest BCUT2D eigenvalue weighted by Gasteiger charge is 2.44. The Morgan fingerprint density at radius 1 is 1.06 bits per heavy atom. The number of fused-ring (bicyclic) bond motifs is 1. The van der Waals surface area contributed by atoms with Gasteiger partial charge in [-0.2, -0.15) is 13.2 Å². The maximum absolute atomic E-state index is 13.9. The zero-order chi connectivity index (χ0) is 24.0. The van der Waals surface area contributed by atoms with E-state index in [0.717, 1.165) is 24.2 Å². The summed E-state index contributed by atoms with van der Waals surface area (Å²) in [5.74, 6) is -0.0531. The lowest BCUT2D eigenvalue weighted by Crippen LogP contribution is -2.41. The Morgan fingerprint density at radius 2 is 1.79 bits per heavy atom. The Balaban J connectivity index is 1.29. The number of carbonyl (C=O) groups excluding carboxylic acids is 1. The molecular weight excluding hydrogens is 452 g/mol. The number of benzene rings is 2. The van der Waals surface area contributed by atoms with Gasteiger partial charge in [0.15, 0.2) is 0 Å². The van der Waals surface area contributed by atoms with E-state index in [-0.39, 0.29) is 6.17 Å². The topological polar surface area (TPSA) is 86.0 Å². The zero-order valence-corrected chi connectivity index (χ0v) is 17.7. The highest BCUT2D eigenvalue weighted by atomic mass is 19.4. The van der Waals surface area contributed by atoms with Crippen LogP contribution < -0.4 is 21.3 Å². The quantitative estimate of drug-likeness (QED) is 0.545. The van der Waals surface area contributed by atoms with E-state index in [0.29, 0.717) is 35.6 Å². The first-order chi connectivity index (χ1) is 16.2. The van der Waals surface area contributed by atoms with Gasteiger partial charge in [0.25, 0.3) is 0 Å². The van der Waals surface area contributed by atoms with Gasteiger partial charge in [0.05, 0.1) is 11.3 Å². The fourth-order valence-electron chi connectivity index (χ4n) is 4.04. The van der Waals surface area contributed by atoms with Gasteiger partial charge in [-0.25, -0.2) is 14.2 Å². The van der Waals surface area contributed by atoms with Crippen molar-refractivity contribution in [1.82, 2.24) is 4.90 Å². The average Bonchev–Trinajstić information content (AvgIpc) is 3.55. The number of amides is 2. The second-order valence-electron chi connectivity index (χ2n) is 8.21. The number of urea groups is 1. The molecule has 0 radical (unpaired) electrons. The van der Waals surface area contributed by atoms with Gasteiger partial charge in [0.2, 0.25) is 0 Å². The van der Waals surface area contributed by atoms with Gasteiger partial charge in [-0.1, -0.05) is 0 Å². The van der Waals surface area contributed by atoms with Crippen LogP contribution in [0.5, 0.6) is 0 Å². The number of nitrogens with two attached hydrogens (primary N) is 1. The summed E-state index contributed by atoms with van der Waals surface area (Å²) in [6.45, 7) is 0. The molecule has 1 atom stereocenters. The van der Waals surface area contributed by atoms with E-state index in [1.807, 2.05) is 24.5 Å². The molecule has 1 aliphatic carbocycles. The lowest BCUT2D eigenvalue weighted by molar-refractivity contribution is -0.137. The third-order valence-electron chi connectivity index (χ3n) is 5.82. The van der Waals surface area contributed by atoms with Crippen LogP contribution in [-0.4, -0.2) is 22.9 Å². The van der Waals surface area contributed by atoms with Gasteiger partial charge in [0.1, 0.15) is 23.5 Å². The van der Waals surface area contributed by atoms with Crippen LogP contribution in [0.25, 0.3) is 0 Å². The summed E-state index contributed by atoms with van der Waals surface area (Å²) in [4.78, 5) is 20.6. The molecule has 1 fully saturated rings. The maximum Gasteiger partial charge on any atom is 0.416 e. The second kappa shape index (κ2) is 8.08. The molecular formula is C23H20F4N6O. The Morgan fingerprint density at radius 3 is 2.47 bits per heavy atom. The fraction of sp³-hybridized carbons (Fsp3) is 0.217. The van der Waals surface area contributed by atoms with Crippen LogP contribution in [0.1, 0.15) is 18.4 Å². The van der Waals surface area contributed by atoms with Crippen LogP contribution in [-0.2, 0) is 6.18 Å². The van der Waals surface area contributed by atoms with E-state index >= 15 is 0 Å². The van der Waals surface area contributed by atoms with Crippen molar-refractivity contribution in [2.24, 2.45) is 16.6 Å². The smallest absolute Gasteiger partial charge is 0.382 e. The van der Waals surface area contributed by atoms with E-state index < -0.39 is 29.3 Å². The van der Waals surface area contributed by atoms with Crippen LogP contribution in [0.3, 0.4) is 0 Å². The van der Waals surface area contributed by atoms with Crippen molar-refractivity contribution in [2.45, 2.75) is 25.2 Å². The molecule has 2 amide bonds. The predicted molar refractivity (Wildman–Crippen MR) is 120 cm³/mol. The first-order valence-electron chi connectivity index (χ1n) is 10.5. The maximum atomic E-state index is 13.9. The summed E-state index contributed by atoms with van der Waals surface area (Å²) in [6.07, 6.45) is 3.15. The minimum absolute atomic E-state index is 0.0753.